The van der Waals surface area contributed by atoms with Gasteiger partial charge >= 0.3 is 0 Å². The van der Waals surface area contributed by atoms with Crippen LogP contribution < -0.4 is 27.0 Å². The Labute approximate surface area is 196 Å². The average molecular weight is 442 g/mol. The van der Waals surface area contributed by atoms with Crippen LogP contribution in [0.25, 0.3) is 11.1 Å². The van der Waals surface area contributed by atoms with Crippen LogP contribution in [0, 0.1) is 0 Å². The van der Waals surface area contributed by atoms with Crippen LogP contribution >= 0.6 is 7.80 Å². The highest BCUT2D eigenvalue weighted by Crippen LogP contribution is 2.27. The second-order valence-corrected chi connectivity index (χ2v) is 9.89. The van der Waals surface area contributed by atoms with Gasteiger partial charge in [0.15, 0.2) is 0 Å². The molecule has 0 fully saturated rings. The first kappa shape index (κ1) is 21.3. The highest BCUT2D eigenvalue weighted by atomic mass is 31.1. The van der Waals surface area contributed by atoms with E-state index in [0.29, 0.717) is 0 Å². The number of hydrogen-bond acceptors (Lipinski definition) is 1. The van der Waals surface area contributed by atoms with Crippen molar-refractivity contribution in [3.63, 3.8) is 0 Å². The maximum Gasteiger partial charge on any atom is 0.241 e. The van der Waals surface area contributed by atoms with Crippen LogP contribution in [0.5, 0.6) is 0 Å². The van der Waals surface area contributed by atoms with E-state index in [1.807, 2.05) is 48.5 Å². The Morgan fingerprint density at radius 3 is 1.48 bits per heavy atom. The van der Waals surface area contributed by atoms with Crippen molar-refractivity contribution in [3.05, 3.63) is 140 Å². The van der Waals surface area contributed by atoms with Gasteiger partial charge in [0.2, 0.25) is 6.71 Å². The molecule has 33 heavy (non-hydrogen) atoms. The summed E-state index contributed by atoms with van der Waals surface area (Å²) in [7, 11) is -2.08. The highest BCUT2D eigenvalue weighted by Gasteiger charge is 2.21. The van der Waals surface area contributed by atoms with Crippen LogP contribution in [-0.4, -0.2) is 6.71 Å². The zero-order chi connectivity index (χ0) is 22.5. The molecule has 1 nitrogen and oxygen atoms in total. The number of hydrogen-bond donors (Lipinski definition) is 0. The van der Waals surface area contributed by atoms with Gasteiger partial charge in [-0.2, -0.15) is 0 Å². The molecule has 0 spiro atoms. The topological polar surface area (TPSA) is 17.1 Å². The summed E-state index contributed by atoms with van der Waals surface area (Å²) in [5, 5.41) is 1.80. The van der Waals surface area contributed by atoms with Gasteiger partial charge in [0.25, 0.3) is 0 Å². The fraction of sp³-hybridized carbons (Fsp3) is 0. The van der Waals surface area contributed by atoms with E-state index in [2.05, 4.69) is 91.0 Å². The van der Waals surface area contributed by atoms with E-state index >= 15 is 0 Å². The molecular formula is C30H24BOP. The van der Waals surface area contributed by atoms with Gasteiger partial charge in [0.05, 0.1) is 0 Å². The molecule has 1 atom stereocenters. The normalized spacial score (nSPS) is 11.6. The van der Waals surface area contributed by atoms with Crippen molar-refractivity contribution in [2.75, 3.05) is 0 Å². The van der Waals surface area contributed by atoms with Crippen molar-refractivity contribution in [2.45, 2.75) is 0 Å². The molecule has 0 N–H and O–H groups in total. The Bertz CT molecular complexity index is 1310. The van der Waals surface area contributed by atoms with Crippen molar-refractivity contribution in [2.24, 2.45) is 0 Å². The Balaban J connectivity index is 1.53. The van der Waals surface area contributed by atoms with Crippen molar-refractivity contribution < 1.29 is 4.57 Å². The molecule has 0 aromatic heterocycles. The molecule has 0 bridgehead atoms. The lowest BCUT2D eigenvalue weighted by molar-refractivity contribution is 0.598. The van der Waals surface area contributed by atoms with Crippen LogP contribution in [0.3, 0.4) is 0 Å². The second kappa shape index (κ2) is 9.90. The zero-order valence-electron chi connectivity index (χ0n) is 18.3. The lowest BCUT2D eigenvalue weighted by Crippen LogP contribution is -2.51. The molecule has 0 heterocycles. The molecule has 5 aromatic carbocycles. The third kappa shape index (κ3) is 4.63. The predicted octanol–water partition coefficient (Wildman–Crippen LogP) is 4.38. The van der Waals surface area contributed by atoms with Crippen LogP contribution in [-0.2, 0) is 4.57 Å². The third-order valence-electron chi connectivity index (χ3n) is 6.03. The molecule has 0 aliphatic carbocycles. The molecule has 0 saturated heterocycles. The minimum Gasteiger partial charge on any atom is -0.317 e. The summed E-state index contributed by atoms with van der Waals surface area (Å²) in [5.41, 5.74) is 5.90. The minimum atomic E-state index is -2.08. The van der Waals surface area contributed by atoms with E-state index in [0.717, 1.165) is 21.7 Å². The number of rotatable bonds is 6. The van der Waals surface area contributed by atoms with Gasteiger partial charge in [-0.15, -0.1) is 0 Å². The van der Waals surface area contributed by atoms with Gasteiger partial charge in [0, 0.05) is 10.6 Å². The van der Waals surface area contributed by atoms with Gasteiger partial charge < -0.3 is 4.57 Å². The SMILES string of the molecule is O=[PH](c1ccccc1)c1ccccc1-c1ccc(B(c2ccccc2)c2ccccc2)cc1. The van der Waals surface area contributed by atoms with E-state index in [9.17, 15) is 4.57 Å². The Morgan fingerprint density at radius 1 is 0.455 bits per heavy atom. The van der Waals surface area contributed by atoms with Crippen molar-refractivity contribution in [1.82, 2.24) is 0 Å². The highest BCUT2D eigenvalue weighted by molar-refractivity contribution is 7.61. The van der Waals surface area contributed by atoms with Crippen LogP contribution in [0.1, 0.15) is 0 Å². The van der Waals surface area contributed by atoms with E-state index in [1.54, 1.807) is 0 Å². The molecule has 0 saturated carbocycles. The molecule has 3 heteroatoms. The van der Waals surface area contributed by atoms with Crippen LogP contribution in [0.4, 0.5) is 0 Å². The molecule has 0 radical (unpaired) electrons. The maximum absolute atomic E-state index is 13.4. The van der Waals surface area contributed by atoms with Crippen molar-refractivity contribution in [3.8, 4) is 11.1 Å². The van der Waals surface area contributed by atoms with E-state index in [-0.39, 0.29) is 6.71 Å². The fourth-order valence-corrected chi connectivity index (χ4v) is 5.93. The summed E-state index contributed by atoms with van der Waals surface area (Å²) in [5.74, 6) is 0. The predicted molar refractivity (Wildman–Crippen MR) is 144 cm³/mol. The zero-order valence-corrected chi connectivity index (χ0v) is 19.3. The van der Waals surface area contributed by atoms with Gasteiger partial charge in [-0.25, -0.2) is 0 Å². The number of benzene rings is 5. The van der Waals surface area contributed by atoms with E-state index in [1.165, 1.54) is 16.4 Å². The van der Waals surface area contributed by atoms with Crippen molar-refractivity contribution in [1.29, 1.82) is 0 Å². The molecule has 158 valence electrons. The molecular weight excluding hydrogens is 418 g/mol. The maximum atomic E-state index is 13.4. The summed E-state index contributed by atoms with van der Waals surface area (Å²) in [6.45, 7) is 0.167. The molecule has 0 aliphatic rings. The lowest BCUT2D eigenvalue weighted by Gasteiger charge is -2.16. The Morgan fingerprint density at radius 2 is 0.909 bits per heavy atom. The monoisotopic (exact) mass is 442 g/mol. The van der Waals surface area contributed by atoms with Crippen LogP contribution in [0.2, 0.25) is 0 Å². The van der Waals surface area contributed by atoms with Crippen LogP contribution in [0.15, 0.2) is 140 Å². The third-order valence-corrected chi connectivity index (χ3v) is 7.81. The Kier molecular flexibility index (Phi) is 6.38. The van der Waals surface area contributed by atoms with Gasteiger partial charge in [-0.05, 0) is 11.1 Å². The first-order valence-corrected chi connectivity index (χ1v) is 12.6. The molecule has 5 aromatic rings. The summed E-state index contributed by atoms with van der Waals surface area (Å²) in [6, 6.07) is 47.8. The summed E-state index contributed by atoms with van der Waals surface area (Å²) >= 11 is 0. The molecule has 1 unspecified atom stereocenters. The molecule has 5 rings (SSSR count). The second-order valence-electron chi connectivity index (χ2n) is 8.12. The van der Waals surface area contributed by atoms with E-state index < -0.39 is 7.80 Å². The molecule has 0 aliphatic heterocycles. The van der Waals surface area contributed by atoms with E-state index in [4.69, 9.17) is 0 Å². The largest absolute Gasteiger partial charge is 0.317 e. The first-order chi connectivity index (χ1) is 16.3. The van der Waals surface area contributed by atoms with Gasteiger partial charge in [-0.3, -0.25) is 0 Å². The smallest absolute Gasteiger partial charge is 0.241 e. The lowest BCUT2D eigenvalue weighted by atomic mass is 9.37. The van der Waals surface area contributed by atoms with Crippen molar-refractivity contribution >= 4 is 41.5 Å². The summed E-state index contributed by atoms with van der Waals surface area (Å²) in [6.07, 6.45) is 0. The quantitative estimate of drug-likeness (QED) is 0.282. The first-order valence-electron chi connectivity index (χ1n) is 11.2. The minimum absolute atomic E-state index is 0.167. The standard InChI is InChI=1S/C30H24BOP/c32-33(28-16-8-3-9-17-28)30-19-11-10-18-29(30)24-20-22-27(23-21-24)31(25-12-4-1-5-13-25)26-14-6-2-7-15-26/h1-23,33H. The summed E-state index contributed by atoms with van der Waals surface area (Å²) < 4.78 is 13.4. The van der Waals surface area contributed by atoms with Gasteiger partial charge in [0.1, 0.15) is 7.80 Å². The average Bonchev–Trinajstić information content (AvgIpc) is 2.91. The van der Waals surface area contributed by atoms with Gasteiger partial charge in [-0.1, -0.05) is 156 Å². The fourth-order valence-electron chi connectivity index (χ4n) is 4.40. The Hall–Kier alpha value is -3.61. The summed E-state index contributed by atoms with van der Waals surface area (Å²) in [4.78, 5) is 0. The molecule has 0 amide bonds.